The number of hydrogen-bond donors (Lipinski definition) is 0. The molecule has 0 bridgehead atoms. The van der Waals surface area contributed by atoms with Crippen LogP contribution in [0, 0.1) is 5.92 Å². The molecule has 1 saturated carbocycles. The van der Waals surface area contributed by atoms with Crippen LogP contribution in [-0.2, 0) is 30.8 Å². The Morgan fingerprint density at radius 2 is 2.00 bits per heavy atom. The van der Waals surface area contributed by atoms with Crippen molar-refractivity contribution in [3.8, 4) is 0 Å². The minimum absolute atomic E-state index is 0.0110. The van der Waals surface area contributed by atoms with Gasteiger partial charge in [-0.1, -0.05) is 0 Å². The lowest BCUT2D eigenvalue weighted by Crippen LogP contribution is -2.35. The first kappa shape index (κ1) is 20.8. The Bertz CT molecular complexity index is 863. The fourth-order valence-electron chi connectivity index (χ4n) is 3.74. The molecule has 154 valence electrons. The van der Waals surface area contributed by atoms with Gasteiger partial charge in [0.25, 0.3) is 0 Å². The average Bonchev–Trinajstić information content (AvgIpc) is 3.37. The molecule has 1 aromatic carbocycles. The minimum atomic E-state index is -3.72. The lowest BCUT2D eigenvalue weighted by molar-refractivity contribution is -0.143. The van der Waals surface area contributed by atoms with Crippen molar-refractivity contribution < 1.29 is 22.7 Å². The molecule has 1 atom stereocenters. The van der Waals surface area contributed by atoms with Gasteiger partial charge in [0.05, 0.1) is 17.9 Å². The molecule has 1 aliphatic carbocycles. The van der Waals surface area contributed by atoms with Crippen LogP contribution in [0.5, 0.6) is 0 Å². The molecule has 0 aromatic heterocycles. The Morgan fingerprint density at radius 1 is 1.29 bits per heavy atom. The van der Waals surface area contributed by atoms with E-state index in [1.165, 1.54) is 11.2 Å². The summed E-state index contributed by atoms with van der Waals surface area (Å²) >= 11 is 0. The van der Waals surface area contributed by atoms with Crippen molar-refractivity contribution in [2.75, 3.05) is 24.6 Å². The van der Waals surface area contributed by atoms with E-state index >= 15 is 0 Å². The fourth-order valence-corrected chi connectivity index (χ4v) is 5.31. The summed E-state index contributed by atoms with van der Waals surface area (Å²) in [4.78, 5) is 25.5. The van der Waals surface area contributed by atoms with Gasteiger partial charge in [0.1, 0.15) is 0 Å². The van der Waals surface area contributed by atoms with E-state index in [9.17, 15) is 18.0 Å². The smallest absolute Gasteiger partial charge is 0.307 e. The number of carbonyl (C=O) groups is 2. The minimum Gasteiger partial charge on any atom is -0.466 e. The van der Waals surface area contributed by atoms with Crippen LogP contribution in [0.4, 0.5) is 5.69 Å². The normalized spacial score (nSPS) is 19.0. The maximum Gasteiger partial charge on any atom is 0.307 e. The molecule has 7 nitrogen and oxygen atoms in total. The van der Waals surface area contributed by atoms with Crippen LogP contribution in [-0.4, -0.2) is 50.3 Å². The number of carbonyl (C=O) groups excluding carboxylic acids is 2. The van der Waals surface area contributed by atoms with E-state index in [1.807, 2.05) is 6.92 Å². The molecule has 1 aliphatic heterocycles. The predicted molar refractivity (Wildman–Crippen MR) is 106 cm³/mol. The van der Waals surface area contributed by atoms with Gasteiger partial charge in [-0.25, -0.2) is 8.42 Å². The van der Waals surface area contributed by atoms with E-state index in [0.29, 0.717) is 18.9 Å². The van der Waals surface area contributed by atoms with E-state index in [0.717, 1.165) is 24.1 Å². The Balaban J connectivity index is 1.84. The summed E-state index contributed by atoms with van der Waals surface area (Å²) in [7, 11) is -3.72. The first-order valence-corrected chi connectivity index (χ1v) is 11.3. The van der Waals surface area contributed by atoms with Gasteiger partial charge in [0, 0.05) is 31.7 Å². The van der Waals surface area contributed by atoms with E-state index in [2.05, 4.69) is 0 Å². The second-order valence-corrected chi connectivity index (χ2v) is 9.53. The van der Waals surface area contributed by atoms with E-state index < -0.39 is 16.0 Å². The number of esters is 1. The third-order valence-corrected chi connectivity index (χ3v) is 7.13. The molecule has 0 N–H and O–H groups in total. The highest BCUT2D eigenvalue weighted by molar-refractivity contribution is 7.89. The zero-order valence-electron chi connectivity index (χ0n) is 16.7. The fraction of sp³-hybridized carbons (Fsp3) is 0.600. The van der Waals surface area contributed by atoms with Crippen molar-refractivity contribution in [3.63, 3.8) is 0 Å². The van der Waals surface area contributed by atoms with Gasteiger partial charge in [-0.3, -0.25) is 9.59 Å². The van der Waals surface area contributed by atoms with Gasteiger partial charge in [0.15, 0.2) is 0 Å². The highest BCUT2D eigenvalue weighted by Crippen LogP contribution is 2.36. The van der Waals surface area contributed by atoms with Crippen LogP contribution in [0.15, 0.2) is 23.1 Å². The Hall–Kier alpha value is -1.93. The third-order valence-electron chi connectivity index (χ3n) is 5.27. The highest BCUT2D eigenvalue weighted by atomic mass is 32.2. The molecule has 8 heteroatoms. The Morgan fingerprint density at radius 3 is 2.61 bits per heavy atom. The molecule has 28 heavy (non-hydrogen) atoms. The van der Waals surface area contributed by atoms with Gasteiger partial charge in [-0.05, 0) is 62.8 Å². The van der Waals surface area contributed by atoms with Crippen molar-refractivity contribution in [3.05, 3.63) is 23.8 Å². The summed E-state index contributed by atoms with van der Waals surface area (Å²) in [6.07, 6.45) is 2.70. The summed E-state index contributed by atoms with van der Waals surface area (Å²) in [5, 5.41) is 0. The predicted octanol–water partition coefficient (Wildman–Crippen LogP) is 2.34. The SMILES string of the molecule is CCOC(=O)CCN(CC1CC1)S(=O)(=O)c1ccc2c(c1)CC(C)N2C(C)=O. The van der Waals surface area contributed by atoms with Crippen LogP contribution in [0.25, 0.3) is 0 Å². The van der Waals surface area contributed by atoms with Crippen LogP contribution >= 0.6 is 0 Å². The highest BCUT2D eigenvalue weighted by Gasteiger charge is 2.34. The van der Waals surface area contributed by atoms with Gasteiger partial charge in [-0.2, -0.15) is 4.31 Å². The molecular weight excluding hydrogens is 380 g/mol. The number of benzene rings is 1. The molecule has 1 aromatic rings. The summed E-state index contributed by atoms with van der Waals surface area (Å²) < 4.78 is 32.9. The van der Waals surface area contributed by atoms with Gasteiger partial charge in [-0.15, -0.1) is 0 Å². The van der Waals surface area contributed by atoms with Crippen molar-refractivity contribution >= 4 is 27.6 Å². The zero-order chi connectivity index (χ0) is 20.5. The first-order valence-electron chi connectivity index (χ1n) is 9.82. The van der Waals surface area contributed by atoms with E-state index in [-0.39, 0.29) is 36.4 Å². The maximum atomic E-state index is 13.3. The number of anilines is 1. The number of sulfonamides is 1. The summed E-state index contributed by atoms with van der Waals surface area (Å²) in [6, 6.07) is 4.96. The molecule has 2 aliphatic rings. The number of ether oxygens (including phenoxy) is 1. The van der Waals surface area contributed by atoms with Crippen molar-refractivity contribution in [2.24, 2.45) is 5.92 Å². The molecule has 1 unspecified atom stereocenters. The monoisotopic (exact) mass is 408 g/mol. The number of hydrogen-bond acceptors (Lipinski definition) is 5. The van der Waals surface area contributed by atoms with Crippen molar-refractivity contribution in [2.45, 2.75) is 57.4 Å². The molecule has 0 radical (unpaired) electrons. The van der Waals surface area contributed by atoms with E-state index in [1.54, 1.807) is 30.0 Å². The molecular formula is C20H28N2O5S. The van der Waals surface area contributed by atoms with E-state index in [4.69, 9.17) is 4.74 Å². The van der Waals surface area contributed by atoms with Crippen molar-refractivity contribution in [1.29, 1.82) is 0 Å². The largest absolute Gasteiger partial charge is 0.466 e. The van der Waals surface area contributed by atoms with Crippen LogP contribution in [0.2, 0.25) is 0 Å². The lowest BCUT2D eigenvalue weighted by atomic mass is 10.1. The Kier molecular flexibility index (Phi) is 6.09. The van der Waals surface area contributed by atoms with Crippen LogP contribution in [0.3, 0.4) is 0 Å². The molecule has 3 rings (SSSR count). The summed E-state index contributed by atoms with van der Waals surface area (Å²) in [6.45, 7) is 6.02. The molecule has 1 fully saturated rings. The zero-order valence-corrected chi connectivity index (χ0v) is 17.5. The second kappa shape index (κ2) is 8.21. The maximum absolute atomic E-state index is 13.3. The standard InChI is InChI=1S/C20H28N2O5S/c1-4-27-20(24)9-10-21(13-16-5-6-16)28(25,26)18-7-8-19-17(12-18)11-14(2)22(19)15(3)23/h7-8,12,14,16H,4-6,9-11,13H2,1-3H3. The van der Waals surface area contributed by atoms with Crippen LogP contribution in [0.1, 0.15) is 45.6 Å². The summed E-state index contributed by atoms with van der Waals surface area (Å²) in [5.41, 5.74) is 1.64. The van der Waals surface area contributed by atoms with Gasteiger partial charge < -0.3 is 9.64 Å². The Labute approximate surface area is 166 Å². The quantitative estimate of drug-likeness (QED) is 0.617. The number of rotatable bonds is 8. The second-order valence-electron chi connectivity index (χ2n) is 7.59. The third kappa shape index (κ3) is 4.38. The van der Waals surface area contributed by atoms with Gasteiger partial charge in [0.2, 0.25) is 15.9 Å². The molecule has 1 amide bonds. The van der Waals surface area contributed by atoms with Gasteiger partial charge >= 0.3 is 5.97 Å². The average molecular weight is 409 g/mol. The number of amides is 1. The first-order chi connectivity index (χ1) is 13.2. The topological polar surface area (TPSA) is 84.0 Å². The molecule has 0 spiro atoms. The molecule has 1 heterocycles. The molecule has 0 saturated heterocycles. The summed E-state index contributed by atoms with van der Waals surface area (Å²) in [5.74, 6) is -0.0790. The lowest BCUT2D eigenvalue weighted by Gasteiger charge is -2.23. The number of nitrogens with zero attached hydrogens (tertiary/aromatic N) is 2. The van der Waals surface area contributed by atoms with Crippen molar-refractivity contribution in [1.82, 2.24) is 4.31 Å². The number of fused-ring (bicyclic) bond motifs is 1. The van der Waals surface area contributed by atoms with Crippen LogP contribution < -0.4 is 4.90 Å².